The van der Waals surface area contributed by atoms with Gasteiger partial charge in [0.1, 0.15) is 5.75 Å². The molecule has 6 heteroatoms. The number of halogens is 1. The summed E-state index contributed by atoms with van der Waals surface area (Å²) in [6, 6.07) is 7.52. The lowest BCUT2D eigenvalue weighted by Gasteiger charge is -2.35. The highest BCUT2D eigenvalue weighted by molar-refractivity contribution is 9.10. The SMILES string of the molecule is Cc1ccc(CS(=O)(=O)CC(=O)C2(c3ccsc3)CCCCC2)cc1Br. The standard InChI is InChI=1S/C20H23BrO3S2/c1-15-5-6-16(11-18(15)21)13-26(23,24)14-19(22)20(8-3-2-4-9-20)17-7-10-25-12-17/h5-7,10-12H,2-4,8-9,13-14H2,1H3. The van der Waals surface area contributed by atoms with E-state index in [0.717, 1.165) is 47.7 Å². The van der Waals surface area contributed by atoms with Crippen molar-refractivity contribution in [3.8, 4) is 0 Å². The highest BCUT2D eigenvalue weighted by Crippen LogP contribution is 2.41. The number of carbonyl (C=O) groups is 1. The molecule has 1 heterocycles. The van der Waals surface area contributed by atoms with Gasteiger partial charge in [0.05, 0.1) is 11.2 Å². The largest absolute Gasteiger partial charge is 0.298 e. The molecule has 0 aliphatic heterocycles. The van der Waals surface area contributed by atoms with Crippen molar-refractivity contribution < 1.29 is 13.2 Å². The first-order chi connectivity index (χ1) is 12.3. The quantitative estimate of drug-likeness (QED) is 0.601. The highest BCUT2D eigenvalue weighted by Gasteiger charge is 2.42. The molecule has 1 fully saturated rings. The number of ketones is 1. The van der Waals surface area contributed by atoms with Gasteiger partial charge in [0.15, 0.2) is 15.6 Å². The summed E-state index contributed by atoms with van der Waals surface area (Å²) in [5, 5.41) is 3.98. The van der Waals surface area contributed by atoms with Crippen molar-refractivity contribution >= 4 is 42.9 Å². The van der Waals surface area contributed by atoms with Crippen LogP contribution in [0.4, 0.5) is 0 Å². The van der Waals surface area contributed by atoms with Gasteiger partial charge in [-0.05, 0) is 59.3 Å². The summed E-state index contributed by atoms with van der Waals surface area (Å²) in [4.78, 5) is 13.2. The second-order valence-corrected chi connectivity index (χ2v) is 10.9. The first kappa shape index (κ1) is 19.8. The molecule has 26 heavy (non-hydrogen) atoms. The Hall–Kier alpha value is -0.980. The van der Waals surface area contributed by atoms with Crippen molar-refractivity contribution in [2.24, 2.45) is 0 Å². The molecule has 0 N–H and O–H groups in total. The second kappa shape index (κ2) is 7.95. The molecule has 0 bridgehead atoms. The molecule has 0 saturated heterocycles. The minimum absolute atomic E-state index is 0.0999. The van der Waals surface area contributed by atoms with Crippen molar-refractivity contribution in [2.75, 3.05) is 5.75 Å². The topological polar surface area (TPSA) is 51.2 Å². The average molecular weight is 455 g/mol. The summed E-state index contributed by atoms with van der Waals surface area (Å²) in [7, 11) is -3.51. The summed E-state index contributed by atoms with van der Waals surface area (Å²) in [5.74, 6) is -0.618. The maximum Gasteiger partial charge on any atom is 0.161 e. The zero-order valence-electron chi connectivity index (χ0n) is 14.8. The zero-order valence-corrected chi connectivity index (χ0v) is 18.1. The number of thiophene rings is 1. The van der Waals surface area contributed by atoms with Gasteiger partial charge in [-0.1, -0.05) is 47.3 Å². The van der Waals surface area contributed by atoms with Crippen LogP contribution in [-0.2, 0) is 25.8 Å². The summed E-state index contributed by atoms with van der Waals surface area (Å²) in [5.41, 5.74) is 2.16. The van der Waals surface area contributed by atoms with Gasteiger partial charge in [0, 0.05) is 4.47 Å². The average Bonchev–Trinajstić information content (AvgIpc) is 3.13. The normalized spacial score (nSPS) is 17.2. The number of rotatable bonds is 6. The number of hydrogen-bond donors (Lipinski definition) is 0. The fourth-order valence-electron chi connectivity index (χ4n) is 3.79. The minimum atomic E-state index is -3.51. The number of aryl methyl sites for hydroxylation is 1. The first-order valence-corrected chi connectivity index (χ1v) is 12.4. The molecule has 1 aromatic carbocycles. The van der Waals surface area contributed by atoms with E-state index in [-0.39, 0.29) is 17.3 Å². The van der Waals surface area contributed by atoms with Gasteiger partial charge in [-0.15, -0.1) is 0 Å². The Kier molecular flexibility index (Phi) is 6.04. The first-order valence-electron chi connectivity index (χ1n) is 8.84. The molecule has 3 rings (SSSR count). The van der Waals surface area contributed by atoms with Crippen molar-refractivity contribution in [3.05, 3.63) is 56.2 Å². The minimum Gasteiger partial charge on any atom is -0.298 e. The van der Waals surface area contributed by atoms with Crippen molar-refractivity contribution in [1.82, 2.24) is 0 Å². The van der Waals surface area contributed by atoms with E-state index in [0.29, 0.717) is 5.56 Å². The van der Waals surface area contributed by atoms with Crippen molar-refractivity contribution in [1.29, 1.82) is 0 Å². The van der Waals surface area contributed by atoms with E-state index >= 15 is 0 Å². The van der Waals surface area contributed by atoms with Crippen LogP contribution in [0.1, 0.15) is 48.8 Å². The van der Waals surface area contributed by atoms with E-state index in [1.807, 2.05) is 41.9 Å². The summed E-state index contributed by atoms with van der Waals surface area (Å²) >= 11 is 5.01. The molecule has 1 aliphatic rings. The van der Waals surface area contributed by atoms with Crippen LogP contribution in [0.3, 0.4) is 0 Å². The van der Waals surface area contributed by atoms with E-state index in [9.17, 15) is 13.2 Å². The molecule has 3 nitrogen and oxygen atoms in total. The summed E-state index contributed by atoms with van der Waals surface area (Å²) in [6.45, 7) is 1.96. The molecule has 1 saturated carbocycles. The molecule has 1 aliphatic carbocycles. The van der Waals surface area contributed by atoms with Crippen LogP contribution < -0.4 is 0 Å². The molecule has 0 radical (unpaired) electrons. The van der Waals surface area contributed by atoms with Crippen LogP contribution in [0.5, 0.6) is 0 Å². The molecule has 0 unspecified atom stereocenters. The fourth-order valence-corrected chi connectivity index (χ4v) is 6.44. The molecule has 2 aromatic rings. The number of sulfone groups is 1. The summed E-state index contributed by atoms with van der Waals surface area (Å²) < 4.78 is 26.3. The molecule has 0 atom stereocenters. The number of hydrogen-bond acceptors (Lipinski definition) is 4. The Bertz CT molecular complexity index is 880. The van der Waals surface area contributed by atoms with E-state index < -0.39 is 15.3 Å². The van der Waals surface area contributed by atoms with Gasteiger partial charge < -0.3 is 0 Å². The lowest BCUT2D eigenvalue weighted by Crippen LogP contribution is -2.41. The molecular formula is C20H23BrO3S2. The third-order valence-electron chi connectivity index (χ3n) is 5.29. The van der Waals surface area contributed by atoms with Gasteiger partial charge in [-0.25, -0.2) is 8.42 Å². The maximum absolute atomic E-state index is 13.2. The number of Topliss-reactive ketones (excluding diaryl/α,β-unsaturated/α-hetero) is 1. The monoisotopic (exact) mass is 454 g/mol. The van der Waals surface area contributed by atoms with Crippen LogP contribution >= 0.6 is 27.3 Å². The van der Waals surface area contributed by atoms with Gasteiger partial charge in [0.25, 0.3) is 0 Å². The molecule has 1 aromatic heterocycles. The van der Waals surface area contributed by atoms with Gasteiger partial charge >= 0.3 is 0 Å². The zero-order chi connectivity index (χ0) is 18.8. The lowest BCUT2D eigenvalue weighted by molar-refractivity contribution is -0.123. The highest BCUT2D eigenvalue weighted by atomic mass is 79.9. The molecule has 0 amide bonds. The lowest BCUT2D eigenvalue weighted by atomic mass is 9.68. The van der Waals surface area contributed by atoms with E-state index in [1.54, 1.807) is 11.3 Å². The Labute approximate surface area is 167 Å². The predicted molar refractivity (Wildman–Crippen MR) is 110 cm³/mol. The smallest absolute Gasteiger partial charge is 0.161 e. The summed E-state index contributed by atoms with van der Waals surface area (Å²) in [6.07, 6.45) is 4.59. The Balaban J connectivity index is 1.81. The van der Waals surface area contributed by atoms with Crippen LogP contribution in [0.2, 0.25) is 0 Å². The Morgan fingerprint density at radius 3 is 2.54 bits per heavy atom. The van der Waals surface area contributed by atoms with Crippen molar-refractivity contribution in [2.45, 2.75) is 50.2 Å². The van der Waals surface area contributed by atoms with E-state index in [4.69, 9.17) is 0 Å². The van der Waals surface area contributed by atoms with E-state index in [2.05, 4.69) is 15.9 Å². The fraction of sp³-hybridized carbons (Fsp3) is 0.450. The van der Waals surface area contributed by atoms with Crippen molar-refractivity contribution in [3.63, 3.8) is 0 Å². The predicted octanol–water partition coefficient (Wildman–Crippen LogP) is 5.21. The third kappa shape index (κ3) is 4.29. The van der Waals surface area contributed by atoms with Crippen LogP contribution in [-0.4, -0.2) is 20.0 Å². The molecule has 140 valence electrons. The van der Waals surface area contributed by atoms with Crippen LogP contribution in [0.15, 0.2) is 39.5 Å². The number of carbonyl (C=O) groups excluding carboxylic acids is 1. The van der Waals surface area contributed by atoms with Crippen LogP contribution in [0, 0.1) is 6.92 Å². The molecular weight excluding hydrogens is 432 g/mol. The maximum atomic E-state index is 13.2. The van der Waals surface area contributed by atoms with Gasteiger partial charge in [-0.2, -0.15) is 11.3 Å². The number of benzene rings is 1. The Morgan fingerprint density at radius 1 is 1.19 bits per heavy atom. The van der Waals surface area contributed by atoms with Crippen LogP contribution in [0.25, 0.3) is 0 Å². The van der Waals surface area contributed by atoms with Gasteiger partial charge in [0.2, 0.25) is 0 Å². The molecule has 0 spiro atoms. The Morgan fingerprint density at radius 2 is 1.92 bits per heavy atom. The third-order valence-corrected chi connectivity index (χ3v) is 8.30. The second-order valence-electron chi connectivity index (χ2n) is 7.19. The van der Waals surface area contributed by atoms with Gasteiger partial charge in [-0.3, -0.25) is 4.79 Å². The van der Waals surface area contributed by atoms with E-state index in [1.165, 1.54) is 0 Å².